The maximum Gasteiger partial charge on any atom is 0.265 e. The monoisotopic (exact) mass is 332 g/mol. The second kappa shape index (κ2) is 7.66. The largest absolute Gasteiger partial charge is 0.491 e. The Kier molecular flexibility index (Phi) is 5.61. The zero-order valence-electron chi connectivity index (χ0n) is 12.3. The van der Waals surface area contributed by atoms with Gasteiger partial charge in [0.15, 0.2) is 5.11 Å². The number of amides is 2. The van der Waals surface area contributed by atoms with Crippen molar-refractivity contribution in [3.63, 3.8) is 0 Å². The first kappa shape index (κ1) is 16.9. The normalized spacial score (nSPS) is 16.5. The lowest BCUT2D eigenvalue weighted by Crippen LogP contribution is -2.53. The zero-order valence-corrected chi connectivity index (χ0v) is 13.1. The van der Waals surface area contributed by atoms with E-state index in [-0.39, 0.29) is 30.4 Å². The summed E-state index contributed by atoms with van der Waals surface area (Å²) in [6.07, 6.45) is 3.03. The highest BCUT2D eigenvalue weighted by molar-refractivity contribution is 7.80. The van der Waals surface area contributed by atoms with Crippen LogP contribution in [0.5, 0.6) is 5.75 Å². The molecule has 7 heteroatoms. The first-order valence-electron chi connectivity index (χ1n) is 6.90. The second-order valence-corrected chi connectivity index (χ2v) is 5.05. The average Bonchev–Trinajstić information content (AvgIpc) is 2.54. The third kappa shape index (κ3) is 4.02. The minimum Gasteiger partial charge on any atom is -0.491 e. The number of nitrogens with zero attached hydrogens (tertiary/aromatic N) is 1. The minimum absolute atomic E-state index is 0.00414. The van der Waals surface area contributed by atoms with Crippen LogP contribution in [-0.2, 0) is 9.59 Å². The number of aliphatic hydroxyl groups is 1. The van der Waals surface area contributed by atoms with Crippen LogP contribution in [-0.4, -0.2) is 46.7 Å². The SMILES string of the molecule is C=CCN1C(=O)C(=Cc2ccc(OCCO)cc2)C(=O)NC1=S. The third-order valence-corrected chi connectivity index (χ3v) is 3.37. The second-order valence-electron chi connectivity index (χ2n) is 4.66. The molecule has 0 aromatic heterocycles. The van der Waals surface area contributed by atoms with Crippen LogP contribution in [0.25, 0.3) is 6.08 Å². The molecule has 0 radical (unpaired) electrons. The van der Waals surface area contributed by atoms with E-state index in [0.717, 1.165) is 0 Å². The fraction of sp³-hybridized carbons (Fsp3) is 0.188. The lowest BCUT2D eigenvalue weighted by atomic mass is 10.1. The summed E-state index contributed by atoms with van der Waals surface area (Å²) < 4.78 is 5.25. The summed E-state index contributed by atoms with van der Waals surface area (Å²) in [5.74, 6) is -0.393. The van der Waals surface area contributed by atoms with Gasteiger partial charge in [-0.15, -0.1) is 6.58 Å². The molecule has 1 aliphatic heterocycles. The van der Waals surface area contributed by atoms with Gasteiger partial charge in [0.05, 0.1) is 6.61 Å². The Hall–Kier alpha value is -2.51. The van der Waals surface area contributed by atoms with Gasteiger partial charge in [0, 0.05) is 6.54 Å². The molecule has 1 aromatic rings. The molecule has 1 aliphatic rings. The molecule has 2 amide bonds. The molecule has 120 valence electrons. The van der Waals surface area contributed by atoms with E-state index in [1.807, 2.05) is 0 Å². The Morgan fingerprint density at radius 2 is 2.00 bits per heavy atom. The number of nitrogens with one attached hydrogen (secondary N) is 1. The molecule has 0 atom stereocenters. The Balaban J connectivity index is 2.22. The minimum atomic E-state index is -0.527. The molecule has 2 rings (SSSR count). The molecular weight excluding hydrogens is 316 g/mol. The van der Waals surface area contributed by atoms with Crippen molar-refractivity contribution in [3.05, 3.63) is 48.1 Å². The van der Waals surface area contributed by atoms with Crippen LogP contribution in [0, 0.1) is 0 Å². The van der Waals surface area contributed by atoms with Gasteiger partial charge in [-0.1, -0.05) is 18.2 Å². The number of hydrogen-bond donors (Lipinski definition) is 2. The van der Waals surface area contributed by atoms with Crippen LogP contribution in [0.2, 0.25) is 0 Å². The molecular formula is C16H16N2O4S. The number of hydrogen-bond acceptors (Lipinski definition) is 5. The van der Waals surface area contributed by atoms with E-state index in [2.05, 4.69) is 11.9 Å². The highest BCUT2D eigenvalue weighted by Crippen LogP contribution is 2.17. The van der Waals surface area contributed by atoms with Gasteiger partial charge in [-0.2, -0.15) is 0 Å². The molecule has 0 saturated carbocycles. The standard InChI is InChI=1S/C16H16N2O4S/c1-2-7-18-15(21)13(14(20)17-16(18)23)10-11-3-5-12(6-4-11)22-9-8-19/h2-6,10,19H,1,7-9H2,(H,17,20,23). The molecule has 1 fully saturated rings. The smallest absolute Gasteiger partial charge is 0.265 e. The van der Waals surface area contributed by atoms with E-state index in [0.29, 0.717) is 11.3 Å². The van der Waals surface area contributed by atoms with E-state index in [4.69, 9.17) is 22.1 Å². The van der Waals surface area contributed by atoms with Crippen molar-refractivity contribution in [3.8, 4) is 5.75 Å². The van der Waals surface area contributed by atoms with Crippen molar-refractivity contribution in [2.24, 2.45) is 0 Å². The predicted octanol–water partition coefficient (Wildman–Crippen LogP) is 0.870. The fourth-order valence-electron chi connectivity index (χ4n) is 1.98. The van der Waals surface area contributed by atoms with Gasteiger partial charge in [-0.25, -0.2) is 0 Å². The summed E-state index contributed by atoms with van der Waals surface area (Å²) in [7, 11) is 0. The zero-order chi connectivity index (χ0) is 16.8. The molecule has 23 heavy (non-hydrogen) atoms. The number of thiocarbonyl (C=S) groups is 1. The van der Waals surface area contributed by atoms with Crippen LogP contribution < -0.4 is 10.1 Å². The van der Waals surface area contributed by atoms with Crippen molar-refractivity contribution in [2.75, 3.05) is 19.8 Å². The first-order valence-corrected chi connectivity index (χ1v) is 7.31. The highest BCUT2D eigenvalue weighted by atomic mass is 32.1. The van der Waals surface area contributed by atoms with Crippen molar-refractivity contribution in [1.82, 2.24) is 10.2 Å². The maximum atomic E-state index is 12.4. The molecule has 0 bridgehead atoms. The Morgan fingerprint density at radius 1 is 1.30 bits per heavy atom. The molecule has 1 heterocycles. The molecule has 6 nitrogen and oxygen atoms in total. The number of rotatable bonds is 6. The Morgan fingerprint density at radius 3 is 2.61 bits per heavy atom. The Labute approximate surface area is 139 Å². The van der Waals surface area contributed by atoms with Crippen LogP contribution in [0.15, 0.2) is 42.5 Å². The third-order valence-electron chi connectivity index (χ3n) is 3.05. The summed E-state index contributed by atoms with van der Waals surface area (Å²) in [5.41, 5.74) is 0.677. The summed E-state index contributed by atoms with van der Waals surface area (Å²) in [5, 5.41) is 11.3. The van der Waals surface area contributed by atoms with E-state index in [1.54, 1.807) is 24.3 Å². The number of carbonyl (C=O) groups is 2. The molecule has 0 aliphatic carbocycles. The first-order chi connectivity index (χ1) is 11.1. The summed E-state index contributed by atoms with van der Waals surface area (Å²) in [4.78, 5) is 25.6. The van der Waals surface area contributed by atoms with Gasteiger partial charge < -0.3 is 9.84 Å². The van der Waals surface area contributed by atoms with Crippen molar-refractivity contribution in [2.45, 2.75) is 0 Å². The number of ether oxygens (including phenoxy) is 1. The number of aliphatic hydroxyl groups excluding tert-OH is 1. The van der Waals surface area contributed by atoms with E-state index in [1.165, 1.54) is 17.1 Å². The lowest BCUT2D eigenvalue weighted by molar-refractivity contribution is -0.128. The molecule has 2 N–H and O–H groups in total. The quantitative estimate of drug-likeness (QED) is 0.350. The van der Waals surface area contributed by atoms with E-state index >= 15 is 0 Å². The van der Waals surface area contributed by atoms with Gasteiger partial charge in [0.1, 0.15) is 17.9 Å². The topological polar surface area (TPSA) is 78.9 Å². The highest BCUT2D eigenvalue weighted by Gasteiger charge is 2.32. The number of carbonyl (C=O) groups excluding carboxylic acids is 2. The lowest BCUT2D eigenvalue weighted by Gasteiger charge is -2.27. The van der Waals surface area contributed by atoms with Gasteiger partial charge in [0.25, 0.3) is 11.8 Å². The Bertz CT molecular complexity index is 667. The van der Waals surface area contributed by atoms with Crippen LogP contribution in [0.3, 0.4) is 0 Å². The van der Waals surface area contributed by atoms with Crippen molar-refractivity contribution >= 4 is 35.2 Å². The van der Waals surface area contributed by atoms with E-state index < -0.39 is 11.8 Å². The average molecular weight is 332 g/mol. The maximum absolute atomic E-state index is 12.4. The van der Waals surface area contributed by atoms with Crippen LogP contribution >= 0.6 is 12.2 Å². The van der Waals surface area contributed by atoms with Crippen LogP contribution in [0.1, 0.15) is 5.56 Å². The molecule has 1 saturated heterocycles. The van der Waals surface area contributed by atoms with E-state index in [9.17, 15) is 9.59 Å². The van der Waals surface area contributed by atoms with Crippen molar-refractivity contribution < 1.29 is 19.4 Å². The van der Waals surface area contributed by atoms with Crippen molar-refractivity contribution in [1.29, 1.82) is 0 Å². The summed E-state index contributed by atoms with van der Waals surface area (Å²) >= 11 is 4.98. The number of benzene rings is 1. The molecule has 0 unspecified atom stereocenters. The molecule has 0 spiro atoms. The van der Waals surface area contributed by atoms with Gasteiger partial charge in [-0.05, 0) is 36.0 Å². The van der Waals surface area contributed by atoms with Gasteiger partial charge in [0.2, 0.25) is 0 Å². The fourth-order valence-corrected chi connectivity index (χ4v) is 2.23. The predicted molar refractivity (Wildman–Crippen MR) is 89.7 cm³/mol. The van der Waals surface area contributed by atoms with Gasteiger partial charge in [-0.3, -0.25) is 19.8 Å². The molecule has 1 aromatic carbocycles. The van der Waals surface area contributed by atoms with Crippen LogP contribution in [0.4, 0.5) is 0 Å². The summed E-state index contributed by atoms with van der Waals surface area (Å²) in [6, 6.07) is 6.81. The van der Waals surface area contributed by atoms with Gasteiger partial charge >= 0.3 is 0 Å². The summed E-state index contributed by atoms with van der Waals surface area (Å²) in [6.45, 7) is 3.93.